The van der Waals surface area contributed by atoms with Crippen LogP contribution in [0.15, 0.2) is 42.6 Å². The maximum atomic E-state index is 13.1. The number of fused-ring (bicyclic) bond motifs is 1. The standard InChI is InChI=1S/C28H29F3N4O4/c29-28(30,31)9-10-38-23-8-7-21-20(15-33-35(21)24(23)16-5-6-16)26(37)34-17-11-27(12-17)13-18(14-27)39-22-4-2-1-3-19(22)25(32)36/h1-4,7-8,15-18H,5-6,9-14H2,(H2,32,36)(H,34,37). The number of aromatic nitrogens is 2. The van der Waals surface area contributed by atoms with E-state index in [-0.39, 0.29) is 29.4 Å². The van der Waals surface area contributed by atoms with Crippen LogP contribution in [-0.4, -0.2) is 46.4 Å². The fourth-order valence-electron chi connectivity index (χ4n) is 5.99. The number of carbonyl (C=O) groups excluding carboxylic acids is 2. The number of rotatable bonds is 9. The summed E-state index contributed by atoms with van der Waals surface area (Å²) in [5, 5.41) is 7.50. The number of primary amides is 1. The first-order valence-electron chi connectivity index (χ1n) is 13.2. The number of carbonyl (C=O) groups is 2. The van der Waals surface area contributed by atoms with Gasteiger partial charge in [-0.2, -0.15) is 18.3 Å². The van der Waals surface area contributed by atoms with Gasteiger partial charge in [-0.15, -0.1) is 0 Å². The molecular formula is C28H29F3N4O4. The number of nitrogens with one attached hydrogen (secondary N) is 1. The van der Waals surface area contributed by atoms with Crippen molar-refractivity contribution in [3.63, 3.8) is 0 Å². The quantitative estimate of drug-likeness (QED) is 0.405. The van der Waals surface area contributed by atoms with Crippen molar-refractivity contribution in [2.75, 3.05) is 6.61 Å². The largest absolute Gasteiger partial charge is 0.491 e. The van der Waals surface area contributed by atoms with Gasteiger partial charge in [-0.3, -0.25) is 9.59 Å². The first-order chi connectivity index (χ1) is 18.6. The van der Waals surface area contributed by atoms with Gasteiger partial charge in [0.05, 0.1) is 47.7 Å². The molecule has 0 radical (unpaired) electrons. The molecule has 39 heavy (non-hydrogen) atoms. The molecule has 2 amide bonds. The van der Waals surface area contributed by atoms with Crippen LogP contribution in [0.4, 0.5) is 13.2 Å². The van der Waals surface area contributed by atoms with Gasteiger partial charge in [-0.05, 0) is 68.2 Å². The third-order valence-corrected chi connectivity index (χ3v) is 7.99. The Morgan fingerprint density at radius 2 is 1.79 bits per heavy atom. The number of halogens is 3. The molecule has 3 aromatic rings. The molecule has 8 nitrogen and oxygen atoms in total. The normalized spacial score (nSPS) is 24.2. The van der Waals surface area contributed by atoms with Crippen molar-refractivity contribution >= 4 is 17.3 Å². The summed E-state index contributed by atoms with van der Waals surface area (Å²) < 4.78 is 50.8. The molecule has 3 aliphatic carbocycles. The van der Waals surface area contributed by atoms with Gasteiger partial charge in [-0.1, -0.05) is 12.1 Å². The third kappa shape index (κ3) is 5.14. The second-order valence-corrected chi connectivity index (χ2v) is 11.0. The molecule has 206 valence electrons. The average Bonchev–Trinajstić information content (AvgIpc) is 3.58. The maximum absolute atomic E-state index is 13.1. The zero-order valence-corrected chi connectivity index (χ0v) is 21.2. The second-order valence-electron chi connectivity index (χ2n) is 11.0. The minimum absolute atomic E-state index is 0.00941. The first kappa shape index (κ1) is 25.5. The van der Waals surface area contributed by atoms with Crippen molar-refractivity contribution in [3.8, 4) is 11.5 Å². The van der Waals surface area contributed by atoms with Crippen LogP contribution in [-0.2, 0) is 0 Å². The van der Waals surface area contributed by atoms with Gasteiger partial charge in [0.1, 0.15) is 11.5 Å². The highest BCUT2D eigenvalue weighted by Crippen LogP contribution is 2.57. The van der Waals surface area contributed by atoms with Crippen LogP contribution in [0.2, 0.25) is 0 Å². The van der Waals surface area contributed by atoms with Crippen LogP contribution in [0.25, 0.3) is 5.52 Å². The van der Waals surface area contributed by atoms with E-state index in [1.54, 1.807) is 40.9 Å². The summed E-state index contributed by atoms with van der Waals surface area (Å²) in [7, 11) is 0. The number of benzene rings is 1. The van der Waals surface area contributed by atoms with E-state index in [9.17, 15) is 22.8 Å². The van der Waals surface area contributed by atoms with Gasteiger partial charge in [0.25, 0.3) is 11.8 Å². The molecule has 6 rings (SSSR count). The number of ether oxygens (including phenoxy) is 2. The molecule has 1 spiro atoms. The van der Waals surface area contributed by atoms with Crippen molar-refractivity contribution in [2.24, 2.45) is 11.1 Å². The minimum Gasteiger partial charge on any atom is -0.491 e. The van der Waals surface area contributed by atoms with Crippen LogP contribution >= 0.6 is 0 Å². The minimum atomic E-state index is -4.29. The summed E-state index contributed by atoms with van der Waals surface area (Å²) in [4.78, 5) is 24.8. The van der Waals surface area contributed by atoms with Gasteiger partial charge < -0.3 is 20.5 Å². The summed E-state index contributed by atoms with van der Waals surface area (Å²) >= 11 is 0. The molecule has 3 fully saturated rings. The molecule has 0 bridgehead atoms. The molecule has 11 heteroatoms. The van der Waals surface area contributed by atoms with Crippen molar-refractivity contribution in [2.45, 2.75) is 69.2 Å². The van der Waals surface area contributed by atoms with E-state index in [1.165, 1.54) is 6.20 Å². The number of nitrogens with zero attached hydrogens (tertiary/aromatic N) is 2. The van der Waals surface area contributed by atoms with Crippen molar-refractivity contribution < 1.29 is 32.2 Å². The zero-order valence-electron chi connectivity index (χ0n) is 21.2. The summed E-state index contributed by atoms with van der Waals surface area (Å²) in [5.41, 5.74) is 7.69. The van der Waals surface area contributed by atoms with E-state index < -0.39 is 25.1 Å². The first-order valence-corrected chi connectivity index (χ1v) is 13.2. The van der Waals surface area contributed by atoms with Crippen LogP contribution in [0.3, 0.4) is 0 Å². The topological polar surface area (TPSA) is 108 Å². The smallest absolute Gasteiger partial charge is 0.392 e. The number of pyridine rings is 1. The monoisotopic (exact) mass is 542 g/mol. The maximum Gasteiger partial charge on any atom is 0.392 e. The predicted octanol–water partition coefficient (Wildman–Crippen LogP) is 4.76. The summed E-state index contributed by atoms with van der Waals surface area (Å²) in [5.74, 6) is 0.292. The number of nitrogens with two attached hydrogens (primary N) is 1. The Hall–Kier alpha value is -3.76. The molecule has 0 atom stereocenters. The van der Waals surface area contributed by atoms with E-state index in [2.05, 4.69) is 10.4 Å². The van der Waals surface area contributed by atoms with Gasteiger partial charge in [0, 0.05) is 12.0 Å². The Kier molecular flexibility index (Phi) is 6.19. The van der Waals surface area contributed by atoms with Crippen LogP contribution in [0.5, 0.6) is 11.5 Å². The third-order valence-electron chi connectivity index (χ3n) is 7.99. The van der Waals surface area contributed by atoms with Crippen LogP contribution in [0.1, 0.15) is 77.3 Å². The fourth-order valence-corrected chi connectivity index (χ4v) is 5.99. The molecule has 3 saturated carbocycles. The van der Waals surface area contributed by atoms with Crippen molar-refractivity contribution in [1.29, 1.82) is 0 Å². The molecular weight excluding hydrogens is 513 g/mol. The van der Waals surface area contributed by atoms with E-state index >= 15 is 0 Å². The Morgan fingerprint density at radius 3 is 2.49 bits per heavy atom. The molecule has 0 aliphatic heterocycles. The van der Waals surface area contributed by atoms with Gasteiger partial charge >= 0.3 is 6.18 Å². The van der Waals surface area contributed by atoms with Crippen molar-refractivity contribution in [1.82, 2.24) is 14.9 Å². The highest BCUT2D eigenvalue weighted by Gasteiger charge is 2.54. The second kappa shape index (κ2) is 9.46. The molecule has 1 aromatic carbocycles. The Balaban J connectivity index is 1.06. The fraction of sp³-hybridized carbons (Fsp3) is 0.464. The Bertz CT molecular complexity index is 1420. The van der Waals surface area contributed by atoms with Gasteiger partial charge in [0.15, 0.2) is 0 Å². The van der Waals surface area contributed by atoms with E-state index in [1.807, 2.05) is 0 Å². The SMILES string of the molecule is NC(=O)c1ccccc1OC1CC2(CC(NC(=O)c3cnn4c(C5CC5)c(OCCC(F)(F)F)ccc34)C2)C1. The lowest BCUT2D eigenvalue weighted by Crippen LogP contribution is -2.58. The molecule has 2 aromatic heterocycles. The Morgan fingerprint density at radius 1 is 1.05 bits per heavy atom. The Labute approximate surface area is 222 Å². The number of alkyl halides is 3. The van der Waals surface area contributed by atoms with Crippen molar-refractivity contribution in [3.05, 3.63) is 59.4 Å². The number of amides is 2. The zero-order chi connectivity index (χ0) is 27.4. The van der Waals surface area contributed by atoms with Crippen LogP contribution < -0.4 is 20.5 Å². The molecule has 0 saturated heterocycles. The molecule has 0 unspecified atom stereocenters. The lowest BCUT2D eigenvalue weighted by atomic mass is 9.53. The van der Waals surface area contributed by atoms with E-state index in [4.69, 9.17) is 15.2 Å². The lowest BCUT2D eigenvalue weighted by molar-refractivity contribution is -0.139. The highest BCUT2D eigenvalue weighted by molar-refractivity contribution is 6.01. The van der Waals surface area contributed by atoms with Crippen LogP contribution in [0, 0.1) is 5.41 Å². The lowest BCUT2D eigenvalue weighted by Gasteiger charge is -2.57. The predicted molar refractivity (Wildman–Crippen MR) is 135 cm³/mol. The van der Waals surface area contributed by atoms with E-state index in [0.29, 0.717) is 28.1 Å². The van der Waals surface area contributed by atoms with Gasteiger partial charge in [-0.25, -0.2) is 4.52 Å². The average molecular weight is 543 g/mol. The van der Waals surface area contributed by atoms with Gasteiger partial charge in [0.2, 0.25) is 0 Å². The highest BCUT2D eigenvalue weighted by atomic mass is 19.4. The summed E-state index contributed by atoms with van der Waals surface area (Å²) in [6.07, 6.45) is 1.40. The summed E-state index contributed by atoms with van der Waals surface area (Å²) in [6, 6.07) is 10.3. The summed E-state index contributed by atoms with van der Waals surface area (Å²) in [6.45, 7) is -0.462. The molecule has 3 aliphatic rings. The number of hydrogen-bond acceptors (Lipinski definition) is 5. The molecule has 2 heterocycles. The van der Waals surface area contributed by atoms with E-state index in [0.717, 1.165) is 44.2 Å². The number of hydrogen-bond donors (Lipinski definition) is 2. The molecule has 3 N–H and O–H groups in total. The number of para-hydroxylation sites is 1.